The largest absolute Gasteiger partial charge is 0.465 e. The van der Waals surface area contributed by atoms with Gasteiger partial charge < -0.3 is 9.47 Å². The van der Waals surface area contributed by atoms with E-state index in [1.165, 1.54) is 7.11 Å². The van der Waals surface area contributed by atoms with Crippen LogP contribution >= 0.6 is 0 Å². The molecule has 0 aromatic heterocycles. The van der Waals surface area contributed by atoms with E-state index in [1.54, 1.807) is 20.8 Å². The SMILES string of the molecule is CCOC(=O)C(CC)C(=O)C(C)(CC)OC. The van der Waals surface area contributed by atoms with E-state index in [2.05, 4.69) is 0 Å². The lowest BCUT2D eigenvalue weighted by Crippen LogP contribution is -2.44. The fraction of sp³-hybridized carbons (Fsp3) is 0.833. The lowest BCUT2D eigenvalue weighted by molar-refractivity contribution is -0.159. The zero-order valence-electron chi connectivity index (χ0n) is 10.8. The average molecular weight is 230 g/mol. The molecule has 0 radical (unpaired) electrons. The van der Waals surface area contributed by atoms with Gasteiger partial charge in [0.05, 0.1) is 6.61 Å². The zero-order chi connectivity index (χ0) is 12.8. The molecule has 0 aromatic carbocycles. The minimum atomic E-state index is -0.895. The van der Waals surface area contributed by atoms with Crippen molar-refractivity contribution in [3.05, 3.63) is 0 Å². The number of Topliss-reactive ketones (excluding diaryl/α,β-unsaturated/α-hetero) is 1. The molecular formula is C12H22O4. The molecule has 4 nitrogen and oxygen atoms in total. The van der Waals surface area contributed by atoms with Crippen LogP contribution in [0.25, 0.3) is 0 Å². The second-order valence-electron chi connectivity index (χ2n) is 3.87. The third kappa shape index (κ3) is 3.30. The summed E-state index contributed by atoms with van der Waals surface area (Å²) in [6.07, 6.45) is 0.981. The standard InChI is InChI=1S/C12H22O4/c1-6-9(11(14)16-8-3)10(13)12(4,7-2)15-5/h9H,6-8H2,1-5H3. The molecule has 2 atom stereocenters. The Morgan fingerprint density at radius 2 is 1.81 bits per heavy atom. The van der Waals surface area contributed by atoms with Crippen LogP contribution in [0.15, 0.2) is 0 Å². The van der Waals surface area contributed by atoms with E-state index in [-0.39, 0.29) is 5.78 Å². The van der Waals surface area contributed by atoms with E-state index in [0.717, 1.165) is 0 Å². The van der Waals surface area contributed by atoms with Gasteiger partial charge in [0.2, 0.25) is 0 Å². The van der Waals surface area contributed by atoms with Crippen molar-refractivity contribution in [1.29, 1.82) is 0 Å². The summed E-state index contributed by atoms with van der Waals surface area (Å²) in [5.74, 6) is -1.37. The average Bonchev–Trinajstić information content (AvgIpc) is 2.29. The molecule has 0 saturated carbocycles. The highest BCUT2D eigenvalue weighted by atomic mass is 16.5. The second-order valence-corrected chi connectivity index (χ2v) is 3.87. The summed E-state index contributed by atoms with van der Waals surface area (Å²) in [6, 6.07) is 0. The predicted octanol–water partition coefficient (Wildman–Crippen LogP) is 1.96. The maximum Gasteiger partial charge on any atom is 0.316 e. The minimum Gasteiger partial charge on any atom is -0.465 e. The first-order valence-corrected chi connectivity index (χ1v) is 5.72. The molecule has 0 amide bonds. The first-order chi connectivity index (χ1) is 7.46. The topological polar surface area (TPSA) is 52.6 Å². The monoisotopic (exact) mass is 230 g/mol. The predicted molar refractivity (Wildman–Crippen MR) is 61.1 cm³/mol. The Bertz CT molecular complexity index is 243. The molecule has 4 heteroatoms. The number of carbonyl (C=O) groups is 2. The van der Waals surface area contributed by atoms with Crippen molar-refractivity contribution in [3.8, 4) is 0 Å². The van der Waals surface area contributed by atoms with Gasteiger partial charge in [0.15, 0.2) is 5.78 Å². The van der Waals surface area contributed by atoms with Crippen molar-refractivity contribution in [2.75, 3.05) is 13.7 Å². The van der Waals surface area contributed by atoms with E-state index >= 15 is 0 Å². The molecule has 0 aliphatic heterocycles. The van der Waals surface area contributed by atoms with Gasteiger partial charge in [0.1, 0.15) is 11.5 Å². The van der Waals surface area contributed by atoms with Gasteiger partial charge in [-0.05, 0) is 26.7 Å². The maximum atomic E-state index is 12.1. The van der Waals surface area contributed by atoms with Crippen molar-refractivity contribution >= 4 is 11.8 Å². The Morgan fingerprint density at radius 3 is 2.12 bits per heavy atom. The van der Waals surface area contributed by atoms with Crippen LogP contribution in [0.5, 0.6) is 0 Å². The quantitative estimate of drug-likeness (QED) is 0.495. The summed E-state index contributed by atoms with van der Waals surface area (Å²) in [7, 11) is 1.49. The molecular weight excluding hydrogens is 208 g/mol. The van der Waals surface area contributed by atoms with Crippen LogP contribution in [0.4, 0.5) is 0 Å². The number of ketones is 1. The van der Waals surface area contributed by atoms with Crippen LogP contribution in [0, 0.1) is 5.92 Å². The second kappa shape index (κ2) is 6.63. The number of hydrogen-bond donors (Lipinski definition) is 0. The first kappa shape index (κ1) is 15.1. The van der Waals surface area contributed by atoms with Gasteiger partial charge in [-0.3, -0.25) is 9.59 Å². The lowest BCUT2D eigenvalue weighted by Gasteiger charge is -2.28. The summed E-state index contributed by atoms with van der Waals surface area (Å²) in [5, 5.41) is 0. The molecule has 0 spiro atoms. The fourth-order valence-corrected chi connectivity index (χ4v) is 1.49. The number of esters is 1. The van der Waals surface area contributed by atoms with Crippen LogP contribution in [0.2, 0.25) is 0 Å². The van der Waals surface area contributed by atoms with Crippen LogP contribution in [-0.4, -0.2) is 31.1 Å². The molecule has 16 heavy (non-hydrogen) atoms. The van der Waals surface area contributed by atoms with E-state index < -0.39 is 17.5 Å². The molecule has 0 aliphatic carbocycles. The highest BCUT2D eigenvalue weighted by molar-refractivity contribution is 6.03. The Kier molecular flexibility index (Phi) is 6.26. The first-order valence-electron chi connectivity index (χ1n) is 5.72. The van der Waals surface area contributed by atoms with Crippen LogP contribution in [-0.2, 0) is 19.1 Å². The molecule has 2 unspecified atom stereocenters. The summed E-state index contributed by atoms with van der Waals surface area (Å²) in [5.41, 5.74) is -0.895. The molecule has 0 fully saturated rings. The van der Waals surface area contributed by atoms with E-state index in [9.17, 15) is 9.59 Å². The molecule has 0 N–H and O–H groups in total. The number of ether oxygens (including phenoxy) is 2. The summed E-state index contributed by atoms with van der Waals surface area (Å²) >= 11 is 0. The summed E-state index contributed by atoms with van der Waals surface area (Å²) in [6.45, 7) is 7.38. The van der Waals surface area contributed by atoms with Crippen LogP contribution in [0.3, 0.4) is 0 Å². The van der Waals surface area contributed by atoms with Crippen molar-refractivity contribution in [2.45, 2.75) is 46.1 Å². The third-order valence-electron chi connectivity index (χ3n) is 2.94. The van der Waals surface area contributed by atoms with Gasteiger partial charge in [-0.15, -0.1) is 0 Å². The highest BCUT2D eigenvalue weighted by Crippen LogP contribution is 2.22. The van der Waals surface area contributed by atoms with Gasteiger partial charge in [0, 0.05) is 7.11 Å². The lowest BCUT2D eigenvalue weighted by atomic mass is 9.86. The summed E-state index contributed by atoms with van der Waals surface area (Å²) < 4.78 is 10.1. The van der Waals surface area contributed by atoms with Gasteiger partial charge in [0.25, 0.3) is 0 Å². The van der Waals surface area contributed by atoms with Crippen molar-refractivity contribution < 1.29 is 19.1 Å². The molecule has 94 valence electrons. The van der Waals surface area contributed by atoms with Gasteiger partial charge in [-0.2, -0.15) is 0 Å². The van der Waals surface area contributed by atoms with Crippen LogP contribution in [0.1, 0.15) is 40.5 Å². The Balaban J connectivity index is 4.83. The van der Waals surface area contributed by atoms with Gasteiger partial charge >= 0.3 is 5.97 Å². The molecule has 0 aliphatic rings. The molecule has 0 saturated heterocycles. The minimum absolute atomic E-state index is 0.196. The number of methoxy groups -OCH3 is 1. The number of carbonyl (C=O) groups excluding carboxylic acids is 2. The molecule has 0 bridgehead atoms. The Hall–Kier alpha value is -0.900. The maximum absolute atomic E-state index is 12.1. The van der Waals surface area contributed by atoms with E-state index in [0.29, 0.717) is 19.4 Å². The number of rotatable bonds is 7. The third-order valence-corrected chi connectivity index (χ3v) is 2.94. The molecule has 0 heterocycles. The normalized spacial score (nSPS) is 16.3. The number of hydrogen-bond acceptors (Lipinski definition) is 4. The van der Waals surface area contributed by atoms with Crippen molar-refractivity contribution in [3.63, 3.8) is 0 Å². The Labute approximate surface area is 97.3 Å². The highest BCUT2D eigenvalue weighted by Gasteiger charge is 2.39. The molecule has 0 rings (SSSR count). The smallest absolute Gasteiger partial charge is 0.316 e. The molecule has 0 aromatic rings. The van der Waals surface area contributed by atoms with E-state index in [1.807, 2.05) is 6.92 Å². The fourth-order valence-electron chi connectivity index (χ4n) is 1.49. The van der Waals surface area contributed by atoms with Gasteiger partial charge in [-0.1, -0.05) is 13.8 Å². The van der Waals surface area contributed by atoms with Crippen molar-refractivity contribution in [2.24, 2.45) is 5.92 Å². The van der Waals surface area contributed by atoms with Crippen LogP contribution < -0.4 is 0 Å². The Morgan fingerprint density at radius 1 is 1.25 bits per heavy atom. The van der Waals surface area contributed by atoms with Crippen molar-refractivity contribution in [1.82, 2.24) is 0 Å². The van der Waals surface area contributed by atoms with Gasteiger partial charge in [-0.25, -0.2) is 0 Å². The van der Waals surface area contributed by atoms with E-state index in [4.69, 9.17) is 9.47 Å². The zero-order valence-corrected chi connectivity index (χ0v) is 10.8. The summed E-state index contributed by atoms with van der Waals surface area (Å²) in [4.78, 5) is 23.7.